The number of nitrogens with zero attached hydrogens (tertiary/aromatic N) is 1. The fraction of sp³-hybridized carbons (Fsp3) is 0.955. The maximum absolute atomic E-state index is 11.0. The Bertz CT molecular complexity index is 366. The molecule has 29 heavy (non-hydrogen) atoms. The minimum absolute atomic E-state index is 0.00893. The number of aliphatic hydroxyl groups excluding tert-OH is 2. The van der Waals surface area contributed by atoms with E-state index in [0.717, 1.165) is 43.0 Å². The van der Waals surface area contributed by atoms with Crippen LogP contribution in [0.3, 0.4) is 0 Å². The van der Waals surface area contributed by atoms with Crippen molar-refractivity contribution in [3.05, 3.63) is 0 Å². The largest absolute Gasteiger partial charge is 0.481 e. The van der Waals surface area contributed by atoms with Crippen molar-refractivity contribution >= 4 is 5.97 Å². The molecule has 0 bridgehead atoms. The van der Waals surface area contributed by atoms with Crippen molar-refractivity contribution in [2.75, 3.05) is 65.8 Å². The number of carbonyl (C=O) groups is 1. The normalized spacial score (nSPS) is 12.0. The van der Waals surface area contributed by atoms with E-state index >= 15 is 0 Å². The van der Waals surface area contributed by atoms with Gasteiger partial charge >= 0.3 is 5.97 Å². The molecule has 0 unspecified atom stereocenters. The van der Waals surface area contributed by atoms with Gasteiger partial charge in [0.15, 0.2) is 0 Å². The first kappa shape index (κ1) is 28.3. The molecule has 0 spiro atoms. The second-order valence-electron chi connectivity index (χ2n) is 8.36. The van der Waals surface area contributed by atoms with E-state index in [1.165, 1.54) is 32.1 Å². The summed E-state index contributed by atoms with van der Waals surface area (Å²) < 4.78 is 11.8. The molecule has 0 aromatic heterocycles. The van der Waals surface area contributed by atoms with Crippen molar-refractivity contribution in [2.45, 2.75) is 65.2 Å². The molecule has 0 aliphatic rings. The van der Waals surface area contributed by atoms with Crippen LogP contribution >= 0.6 is 0 Å². The Balaban J connectivity index is 4.64. The van der Waals surface area contributed by atoms with Gasteiger partial charge in [0.05, 0.1) is 59.2 Å². The highest BCUT2D eigenvalue weighted by Crippen LogP contribution is 2.16. The quantitative estimate of drug-likeness (QED) is 0.184. The molecule has 0 saturated heterocycles. The summed E-state index contributed by atoms with van der Waals surface area (Å²) in [5, 5.41) is 26.9. The van der Waals surface area contributed by atoms with Crippen LogP contribution in [0.25, 0.3) is 0 Å². The zero-order chi connectivity index (χ0) is 21.8. The van der Waals surface area contributed by atoms with Crippen molar-refractivity contribution in [3.8, 4) is 0 Å². The van der Waals surface area contributed by atoms with Gasteiger partial charge in [0.2, 0.25) is 0 Å². The first-order valence-electron chi connectivity index (χ1n) is 11.4. The average Bonchev–Trinajstić information content (AvgIpc) is 2.67. The number of unbranched alkanes of at least 4 members (excludes halogenated alkanes) is 4. The van der Waals surface area contributed by atoms with Gasteiger partial charge in [-0.2, -0.15) is 0 Å². The van der Waals surface area contributed by atoms with Crippen LogP contribution in [0, 0.1) is 5.92 Å². The summed E-state index contributed by atoms with van der Waals surface area (Å²) in [6, 6.07) is 0. The van der Waals surface area contributed by atoms with E-state index in [4.69, 9.17) is 24.8 Å². The Hall–Kier alpha value is -0.730. The summed E-state index contributed by atoms with van der Waals surface area (Å²) in [6.45, 7) is 9.62. The van der Waals surface area contributed by atoms with Crippen LogP contribution in [0.4, 0.5) is 0 Å². The van der Waals surface area contributed by atoms with Crippen molar-refractivity contribution < 1.29 is 34.1 Å². The van der Waals surface area contributed by atoms with E-state index in [-0.39, 0.29) is 19.6 Å². The Morgan fingerprint density at radius 1 is 0.759 bits per heavy atom. The lowest BCUT2D eigenvalue weighted by atomic mass is 10.0. The van der Waals surface area contributed by atoms with Crippen LogP contribution in [0.1, 0.15) is 65.2 Å². The van der Waals surface area contributed by atoms with E-state index in [1.807, 2.05) is 0 Å². The van der Waals surface area contributed by atoms with Gasteiger partial charge in [-0.05, 0) is 18.8 Å². The van der Waals surface area contributed by atoms with Crippen LogP contribution in [-0.4, -0.2) is 91.6 Å². The van der Waals surface area contributed by atoms with Crippen LogP contribution in [-0.2, 0) is 14.3 Å². The molecule has 0 aliphatic carbocycles. The van der Waals surface area contributed by atoms with Gasteiger partial charge in [-0.1, -0.05) is 39.5 Å². The van der Waals surface area contributed by atoms with Gasteiger partial charge in [-0.25, -0.2) is 0 Å². The first-order chi connectivity index (χ1) is 14.0. The van der Waals surface area contributed by atoms with Crippen LogP contribution < -0.4 is 0 Å². The highest BCUT2D eigenvalue weighted by molar-refractivity contribution is 5.66. The van der Waals surface area contributed by atoms with Gasteiger partial charge in [0.1, 0.15) is 13.1 Å². The van der Waals surface area contributed by atoms with Crippen molar-refractivity contribution in [3.63, 3.8) is 0 Å². The smallest absolute Gasteiger partial charge is 0.303 e. The van der Waals surface area contributed by atoms with Crippen LogP contribution in [0.2, 0.25) is 0 Å². The summed E-state index contributed by atoms with van der Waals surface area (Å²) >= 11 is 0. The predicted molar refractivity (Wildman–Crippen MR) is 115 cm³/mol. The van der Waals surface area contributed by atoms with E-state index < -0.39 is 5.97 Å². The Morgan fingerprint density at radius 2 is 1.28 bits per heavy atom. The second-order valence-corrected chi connectivity index (χ2v) is 8.36. The third-order valence-electron chi connectivity index (χ3n) is 5.33. The maximum Gasteiger partial charge on any atom is 0.303 e. The predicted octanol–water partition coefficient (Wildman–Crippen LogP) is 2.68. The zero-order valence-corrected chi connectivity index (χ0v) is 18.8. The number of rotatable bonds is 22. The summed E-state index contributed by atoms with van der Waals surface area (Å²) in [6.07, 6.45) is 8.19. The molecule has 0 rings (SSSR count). The Labute approximate surface area is 177 Å². The number of hydrogen-bond donors (Lipinski definition) is 3. The molecule has 0 aromatic carbocycles. The van der Waals surface area contributed by atoms with Crippen molar-refractivity contribution in [1.82, 2.24) is 0 Å². The number of carboxylic acid groups (broad SMARTS) is 1. The highest BCUT2D eigenvalue weighted by atomic mass is 16.5. The molecular formula is C22H46NO6+. The van der Waals surface area contributed by atoms with Gasteiger partial charge < -0.3 is 29.3 Å². The summed E-state index contributed by atoms with van der Waals surface area (Å²) in [5.74, 6) is 0.00714. The molecule has 0 fully saturated rings. The highest BCUT2D eigenvalue weighted by Gasteiger charge is 2.27. The lowest BCUT2D eigenvalue weighted by Gasteiger charge is -2.39. The molecule has 7 nitrogen and oxygen atoms in total. The molecule has 174 valence electrons. The Morgan fingerprint density at radius 3 is 1.79 bits per heavy atom. The molecule has 0 amide bonds. The monoisotopic (exact) mass is 420 g/mol. The fourth-order valence-electron chi connectivity index (χ4n) is 3.62. The first-order valence-corrected chi connectivity index (χ1v) is 11.4. The van der Waals surface area contributed by atoms with Crippen LogP contribution in [0.15, 0.2) is 0 Å². The minimum atomic E-state index is -0.763. The minimum Gasteiger partial charge on any atom is -0.481 e. The van der Waals surface area contributed by atoms with E-state index in [1.54, 1.807) is 0 Å². The molecule has 0 aliphatic heterocycles. The lowest BCUT2D eigenvalue weighted by molar-refractivity contribution is -0.929. The second kappa shape index (κ2) is 19.2. The number of aliphatic carboxylic acids is 1. The number of aliphatic hydroxyl groups is 2. The molecule has 0 heterocycles. The van der Waals surface area contributed by atoms with Gasteiger partial charge in [-0.15, -0.1) is 0 Å². The molecular weight excluding hydrogens is 374 g/mol. The average molecular weight is 421 g/mol. The number of quaternary nitrogens is 1. The van der Waals surface area contributed by atoms with Gasteiger partial charge in [-0.3, -0.25) is 4.79 Å². The molecule has 0 saturated carbocycles. The number of carboxylic acids is 1. The van der Waals surface area contributed by atoms with Crippen LogP contribution in [0.5, 0.6) is 0 Å². The van der Waals surface area contributed by atoms with Gasteiger partial charge in [0.25, 0.3) is 0 Å². The van der Waals surface area contributed by atoms with Crippen molar-refractivity contribution in [2.24, 2.45) is 5.92 Å². The molecule has 0 aromatic rings. The third kappa shape index (κ3) is 17.8. The maximum atomic E-state index is 11.0. The fourth-order valence-corrected chi connectivity index (χ4v) is 3.62. The Kier molecular flexibility index (Phi) is 18.8. The number of ether oxygens (including phenoxy) is 2. The molecule has 0 atom stereocenters. The third-order valence-corrected chi connectivity index (χ3v) is 5.33. The lowest BCUT2D eigenvalue weighted by Crippen LogP contribution is -2.53. The van der Waals surface area contributed by atoms with E-state index in [0.29, 0.717) is 32.8 Å². The van der Waals surface area contributed by atoms with E-state index in [9.17, 15) is 4.79 Å². The van der Waals surface area contributed by atoms with Crippen molar-refractivity contribution in [1.29, 1.82) is 0 Å². The molecule has 0 radical (unpaired) electrons. The standard InChI is InChI=1S/C22H45NO6/c1-21(2)9-6-4-3-5-7-11-23(12-8-10-22(26)27,13-17-28-19-15-24)14-18-29-20-16-25/h21,24-25H,3-20H2,1-2H3/p+1. The summed E-state index contributed by atoms with van der Waals surface area (Å²) in [5.41, 5.74) is 0. The SMILES string of the molecule is CC(C)CCCCCCC[N+](CCCC(=O)O)(CCOCCO)CCOCCO. The molecule has 7 heteroatoms. The molecule has 3 N–H and O–H groups in total. The zero-order valence-electron chi connectivity index (χ0n) is 18.8. The summed E-state index contributed by atoms with van der Waals surface area (Å²) in [4.78, 5) is 11.0. The number of hydrogen-bond acceptors (Lipinski definition) is 5. The van der Waals surface area contributed by atoms with E-state index in [2.05, 4.69) is 13.8 Å². The summed E-state index contributed by atoms with van der Waals surface area (Å²) in [7, 11) is 0. The van der Waals surface area contributed by atoms with Gasteiger partial charge in [0, 0.05) is 6.42 Å². The topological polar surface area (TPSA) is 96.2 Å².